The molecule has 7 rings (SSSR count). The van der Waals surface area contributed by atoms with Crippen molar-refractivity contribution in [2.24, 2.45) is 15.4 Å². The normalized spacial score (nSPS) is 24.7. The number of imidazole rings is 1. The van der Waals surface area contributed by atoms with E-state index in [1.807, 2.05) is 97.5 Å². The molecule has 1 saturated heterocycles. The monoisotopic (exact) mass is 499 g/mol. The summed E-state index contributed by atoms with van der Waals surface area (Å²) in [7, 11) is 0. The van der Waals surface area contributed by atoms with E-state index in [0.29, 0.717) is 0 Å². The highest BCUT2D eigenvalue weighted by atomic mass is 16.1. The predicted octanol–water partition coefficient (Wildman–Crippen LogP) is 2.56. The number of nitrogens with zero attached hydrogens (tertiary/aromatic N) is 5. The lowest BCUT2D eigenvalue weighted by molar-refractivity contribution is -0.123. The van der Waals surface area contributed by atoms with Crippen molar-refractivity contribution in [2.45, 2.75) is 25.6 Å². The summed E-state index contributed by atoms with van der Waals surface area (Å²) in [6.45, 7) is 3.90. The van der Waals surface area contributed by atoms with Crippen molar-refractivity contribution >= 4 is 29.4 Å². The Morgan fingerprint density at radius 1 is 1.03 bits per heavy atom. The Balaban J connectivity index is 1.43. The zero-order chi connectivity index (χ0) is 25.9. The second kappa shape index (κ2) is 8.08. The van der Waals surface area contributed by atoms with Crippen LogP contribution in [0.5, 0.6) is 0 Å². The number of ketones is 1. The summed E-state index contributed by atoms with van der Waals surface area (Å²) in [5.41, 5.74) is 3.28. The van der Waals surface area contributed by atoms with E-state index in [9.17, 15) is 4.79 Å². The summed E-state index contributed by atoms with van der Waals surface area (Å²) in [5, 5.41) is 5.35. The van der Waals surface area contributed by atoms with Crippen LogP contribution in [0.4, 0.5) is 0 Å². The number of carbonyl (C=O) groups is 1. The molecular formula is C30H25N7O. The maximum absolute atomic E-state index is 13.5. The molecule has 4 aliphatic rings. The number of H-pyrrole nitrogens is 1. The van der Waals surface area contributed by atoms with Crippen molar-refractivity contribution < 1.29 is 4.79 Å². The molecule has 2 atom stereocenters. The molecule has 0 aromatic carbocycles. The number of rotatable bonds is 2. The Kier molecular flexibility index (Phi) is 4.75. The van der Waals surface area contributed by atoms with Crippen LogP contribution in [0.2, 0.25) is 0 Å². The van der Waals surface area contributed by atoms with Crippen LogP contribution >= 0.6 is 0 Å². The molecule has 0 spiro atoms. The first-order valence-electron chi connectivity index (χ1n) is 12.5. The number of nitrogens with one attached hydrogen (secondary N) is 2. The van der Waals surface area contributed by atoms with Gasteiger partial charge in [-0.05, 0) is 86.7 Å². The van der Waals surface area contributed by atoms with Crippen LogP contribution in [0, 0.1) is 5.41 Å². The van der Waals surface area contributed by atoms with Gasteiger partial charge in [0.2, 0.25) is 0 Å². The number of aliphatic imine (C=N–C) groups is 2. The number of hydrogen-bond donors (Lipinski definition) is 2. The first-order valence-corrected chi connectivity index (χ1v) is 12.5. The number of aromatic amines is 1. The van der Waals surface area contributed by atoms with Gasteiger partial charge in [0.1, 0.15) is 6.04 Å². The van der Waals surface area contributed by atoms with Gasteiger partial charge in [-0.1, -0.05) is 0 Å². The van der Waals surface area contributed by atoms with E-state index in [2.05, 4.69) is 20.3 Å². The maximum Gasteiger partial charge on any atom is 0.177 e. The lowest BCUT2D eigenvalue weighted by atomic mass is 9.84. The molecule has 8 heteroatoms. The minimum absolute atomic E-state index is 0.0877. The molecule has 0 amide bonds. The topological polar surface area (TPSA) is 100 Å². The Hall–Kier alpha value is -4.85. The predicted molar refractivity (Wildman–Crippen MR) is 147 cm³/mol. The summed E-state index contributed by atoms with van der Waals surface area (Å²) in [6, 6.07) is 7.42. The molecule has 7 heterocycles. The molecule has 2 N–H and O–H groups in total. The fourth-order valence-corrected chi connectivity index (χ4v) is 5.19. The van der Waals surface area contributed by atoms with Gasteiger partial charge in [0.25, 0.3) is 0 Å². The average Bonchev–Trinajstić information content (AvgIpc) is 3.73. The molecule has 186 valence electrons. The summed E-state index contributed by atoms with van der Waals surface area (Å²) >= 11 is 0. The van der Waals surface area contributed by atoms with Gasteiger partial charge in [0.15, 0.2) is 11.4 Å². The number of allylic oxidation sites excluding steroid dienone is 4. The third-order valence-electron chi connectivity index (χ3n) is 7.36. The van der Waals surface area contributed by atoms with E-state index >= 15 is 0 Å². The molecular weight excluding hydrogens is 474 g/mol. The standard InChI is InChI=1S/C30H25N7O/c1-29(2)27-15-30(37-17-26(32-18-37)19-4-3-11-31-16-19)10-9-24(36-30)13-22-6-5-20(33-22)12-21-7-8-23(34-21)14-25(35-27)28(29)38/h3-18,25,33,35H,1-2H3. The molecule has 8 bridgehead atoms. The van der Waals surface area contributed by atoms with E-state index in [-0.39, 0.29) is 5.78 Å². The third kappa shape index (κ3) is 3.64. The molecule has 8 nitrogen and oxygen atoms in total. The summed E-state index contributed by atoms with van der Waals surface area (Å²) < 4.78 is 1.97. The number of hydrogen-bond acceptors (Lipinski definition) is 6. The minimum atomic E-state index is -0.904. The quantitative estimate of drug-likeness (QED) is 0.566. The molecule has 3 aromatic heterocycles. The Morgan fingerprint density at radius 2 is 1.87 bits per heavy atom. The third-order valence-corrected chi connectivity index (χ3v) is 7.36. The van der Waals surface area contributed by atoms with Gasteiger partial charge in [-0.3, -0.25) is 9.78 Å². The fourth-order valence-electron chi connectivity index (χ4n) is 5.19. The van der Waals surface area contributed by atoms with Crippen LogP contribution in [-0.2, 0) is 10.5 Å². The number of aromatic nitrogens is 4. The van der Waals surface area contributed by atoms with Crippen molar-refractivity contribution in [1.82, 2.24) is 24.8 Å². The van der Waals surface area contributed by atoms with Gasteiger partial charge in [-0.25, -0.2) is 15.0 Å². The summed E-state index contributed by atoms with van der Waals surface area (Å²) in [6.07, 6.45) is 23.1. The van der Waals surface area contributed by atoms with Gasteiger partial charge in [0, 0.05) is 40.5 Å². The van der Waals surface area contributed by atoms with Crippen LogP contribution in [0.25, 0.3) is 23.4 Å². The number of pyridine rings is 1. The molecule has 3 aromatic rings. The van der Waals surface area contributed by atoms with E-state index in [1.54, 1.807) is 18.7 Å². The fraction of sp³-hybridized carbons (Fsp3) is 0.167. The first-order chi connectivity index (χ1) is 18.4. The highest BCUT2D eigenvalue weighted by Gasteiger charge is 2.46. The number of Topliss-reactive ketones (excluding diaryl/α,β-unsaturated/α-hetero) is 1. The summed E-state index contributed by atoms with van der Waals surface area (Å²) in [4.78, 5) is 35.7. The van der Waals surface area contributed by atoms with E-state index < -0.39 is 17.1 Å². The lowest BCUT2D eigenvalue weighted by Crippen LogP contribution is -2.29. The van der Waals surface area contributed by atoms with Crippen LogP contribution in [0.15, 0.2) is 107 Å². The van der Waals surface area contributed by atoms with Gasteiger partial charge < -0.3 is 14.9 Å². The smallest absolute Gasteiger partial charge is 0.177 e. The molecule has 1 fully saturated rings. The highest BCUT2D eigenvalue weighted by Crippen LogP contribution is 2.39. The second-order valence-electron chi connectivity index (χ2n) is 10.3. The second-order valence-corrected chi connectivity index (χ2v) is 10.3. The Morgan fingerprint density at radius 3 is 2.68 bits per heavy atom. The van der Waals surface area contributed by atoms with E-state index in [4.69, 9.17) is 9.98 Å². The average molecular weight is 500 g/mol. The summed E-state index contributed by atoms with van der Waals surface area (Å²) in [5.74, 6) is 0.0877. The molecule has 0 aliphatic carbocycles. The maximum atomic E-state index is 13.5. The first kappa shape index (κ1) is 22.4. The molecule has 38 heavy (non-hydrogen) atoms. The van der Waals surface area contributed by atoms with Crippen molar-refractivity contribution in [3.63, 3.8) is 0 Å². The molecule has 2 unspecified atom stereocenters. The zero-order valence-electron chi connectivity index (χ0n) is 21.0. The van der Waals surface area contributed by atoms with E-state index in [1.165, 1.54) is 0 Å². The lowest BCUT2D eigenvalue weighted by Gasteiger charge is -2.26. The Labute approximate surface area is 219 Å². The van der Waals surface area contributed by atoms with Crippen molar-refractivity contribution in [1.29, 1.82) is 0 Å². The number of carbonyl (C=O) groups excluding carboxylic acids is 1. The van der Waals surface area contributed by atoms with Crippen molar-refractivity contribution in [2.75, 3.05) is 0 Å². The largest absolute Gasteiger partial charge is 0.375 e. The number of fused-ring (bicyclic) bond motifs is 6. The van der Waals surface area contributed by atoms with Crippen LogP contribution in [0.3, 0.4) is 0 Å². The van der Waals surface area contributed by atoms with Gasteiger partial charge in [-0.15, -0.1) is 0 Å². The Bertz CT molecular complexity index is 1790. The molecule has 4 aliphatic heterocycles. The van der Waals surface area contributed by atoms with E-state index in [0.717, 1.165) is 44.8 Å². The van der Waals surface area contributed by atoms with Gasteiger partial charge >= 0.3 is 0 Å². The van der Waals surface area contributed by atoms with Crippen molar-refractivity contribution in [3.8, 4) is 11.3 Å². The van der Waals surface area contributed by atoms with Gasteiger partial charge in [0.05, 0.1) is 34.6 Å². The van der Waals surface area contributed by atoms with Crippen LogP contribution in [0.1, 0.15) is 13.8 Å². The van der Waals surface area contributed by atoms with Crippen LogP contribution < -0.4 is 16.0 Å². The van der Waals surface area contributed by atoms with Crippen molar-refractivity contribution in [3.05, 3.63) is 108 Å². The minimum Gasteiger partial charge on any atom is -0.375 e. The molecule has 0 saturated carbocycles. The van der Waals surface area contributed by atoms with Crippen LogP contribution in [-0.4, -0.2) is 42.8 Å². The zero-order valence-corrected chi connectivity index (χ0v) is 21.0. The SMILES string of the molecule is CC1(C)C(=O)C2C=C3C=CC(=N3)C=c3ccc([nH]3)=CC3=NC(n4cnc(-c5cccnc5)c4)(C=C3)C=C1N2. The van der Waals surface area contributed by atoms with Gasteiger partial charge in [-0.2, -0.15) is 0 Å². The molecule has 0 radical (unpaired) electrons. The highest BCUT2D eigenvalue weighted by molar-refractivity contribution is 6.19.